The van der Waals surface area contributed by atoms with Crippen LogP contribution in [-0.4, -0.2) is 35.4 Å². The number of thioether (sulfide) groups is 1. The average molecular weight is 300 g/mol. The van der Waals surface area contributed by atoms with E-state index in [2.05, 4.69) is 15.9 Å². The molecule has 2 nitrogen and oxygen atoms in total. The molecule has 1 saturated heterocycles. The van der Waals surface area contributed by atoms with Crippen LogP contribution in [0.2, 0.25) is 0 Å². The van der Waals surface area contributed by atoms with Crippen LogP contribution in [0.4, 0.5) is 0 Å². The monoisotopic (exact) mass is 299 g/mol. The first-order valence-electron chi connectivity index (χ1n) is 5.29. The molecule has 0 saturated carbocycles. The molecule has 1 atom stereocenters. The molecule has 0 radical (unpaired) electrons. The lowest BCUT2D eigenvalue weighted by molar-refractivity contribution is 0.0747. The molecule has 1 aliphatic heterocycles. The van der Waals surface area contributed by atoms with E-state index in [4.69, 9.17) is 0 Å². The lowest BCUT2D eigenvalue weighted by Gasteiger charge is -2.24. The Labute approximate surface area is 109 Å². The Morgan fingerprint density at radius 2 is 2.25 bits per heavy atom. The van der Waals surface area contributed by atoms with Crippen molar-refractivity contribution in [3.63, 3.8) is 0 Å². The zero-order valence-electron chi connectivity index (χ0n) is 9.15. The topological polar surface area (TPSA) is 20.3 Å². The summed E-state index contributed by atoms with van der Waals surface area (Å²) in [5.74, 6) is 2.34. The van der Waals surface area contributed by atoms with Crippen LogP contribution in [-0.2, 0) is 0 Å². The zero-order valence-corrected chi connectivity index (χ0v) is 11.6. The highest BCUT2D eigenvalue weighted by Gasteiger charge is 2.25. The van der Waals surface area contributed by atoms with Crippen LogP contribution in [0.15, 0.2) is 28.7 Å². The van der Waals surface area contributed by atoms with Crippen molar-refractivity contribution in [1.82, 2.24) is 4.90 Å². The third-order valence-electron chi connectivity index (χ3n) is 2.88. The minimum atomic E-state index is 0.111. The number of halogens is 1. The summed E-state index contributed by atoms with van der Waals surface area (Å²) >= 11 is 5.34. The van der Waals surface area contributed by atoms with Gasteiger partial charge in [-0.05, 0) is 40.2 Å². The van der Waals surface area contributed by atoms with Crippen LogP contribution in [0.1, 0.15) is 16.8 Å². The van der Waals surface area contributed by atoms with E-state index < -0.39 is 0 Å². The van der Waals surface area contributed by atoms with Gasteiger partial charge in [0.1, 0.15) is 0 Å². The van der Waals surface area contributed by atoms with Gasteiger partial charge in [0.25, 0.3) is 5.91 Å². The summed E-state index contributed by atoms with van der Waals surface area (Å²) in [6.07, 6.45) is 1.11. The normalized spacial score (nSPS) is 19.8. The molecule has 0 aliphatic carbocycles. The second-order valence-electron chi connectivity index (χ2n) is 3.91. The third-order valence-corrected chi connectivity index (χ3v) is 4.71. The van der Waals surface area contributed by atoms with Crippen LogP contribution >= 0.6 is 27.7 Å². The molecule has 1 aromatic rings. The largest absolute Gasteiger partial charge is 0.338 e. The van der Waals surface area contributed by atoms with Crippen molar-refractivity contribution in [2.24, 2.45) is 0 Å². The van der Waals surface area contributed by atoms with Crippen LogP contribution in [0.5, 0.6) is 0 Å². The SMILES string of the molecule is CN(C(=O)c1ccccc1Br)C1CCSC1. The number of benzene rings is 1. The molecule has 86 valence electrons. The van der Waals surface area contributed by atoms with Gasteiger partial charge in [-0.2, -0.15) is 11.8 Å². The molecule has 0 aromatic heterocycles. The van der Waals surface area contributed by atoms with E-state index >= 15 is 0 Å². The fourth-order valence-corrected chi connectivity index (χ4v) is 3.54. The van der Waals surface area contributed by atoms with E-state index in [-0.39, 0.29) is 5.91 Å². The standard InChI is InChI=1S/C12H14BrNOS/c1-14(9-6-7-16-8-9)12(15)10-4-2-3-5-11(10)13/h2-5,9H,6-8H2,1H3. The minimum absolute atomic E-state index is 0.111. The molecule has 16 heavy (non-hydrogen) atoms. The number of nitrogens with zero attached hydrogens (tertiary/aromatic N) is 1. The number of amides is 1. The third kappa shape index (κ3) is 2.43. The molecule has 0 bridgehead atoms. The molecule has 1 heterocycles. The average Bonchev–Trinajstić information content (AvgIpc) is 2.81. The molecule has 0 spiro atoms. The predicted octanol–water partition coefficient (Wildman–Crippen LogP) is 3.03. The van der Waals surface area contributed by atoms with Gasteiger partial charge in [-0.3, -0.25) is 4.79 Å². The summed E-state index contributed by atoms with van der Waals surface area (Å²) in [6, 6.07) is 7.99. The van der Waals surface area contributed by atoms with Gasteiger partial charge in [0.15, 0.2) is 0 Å². The van der Waals surface area contributed by atoms with Gasteiger partial charge in [-0.1, -0.05) is 12.1 Å². The Morgan fingerprint density at radius 3 is 2.88 bits per heavy atom. The molecule has 1 aliphatic rings. The fraction of sp³-hybridized carbons (Fsp3) is 0.417. The number of carbonyl (C=O) groups is 1. The van der Waals surface area contributed by atoms with Gasteiger partial charge in [0.05, 0.1) is 5.56 Å². The summed E-state index contributed by atoms with van der Waals surface area (Å²) in [5.41, 5.74) is 0.752. The van der Waals surface area contributed by atoms with Crippen molar-refractivity contribution in [1.29, 1.82) is 0 Å². The summed E-state index contributed by atoms with van der Waals surface area (Å²) in [6.45, 7) is 0. The van der Waals surface area contributed by atoms with Crippen LogP contribution in [0.25, 0.3) is 0 Å². The van der Waals surface area contributed by atoms with E-state index in [9.17, 15) is 4.79 Å². The minimum Gasteiger partial charge on any atom is -0.338 e. The van der Waals surface area contributed by atoms with E-state index in [1.54, 1.807) is 0 Å². The van der Waals surface area contributed by atoms with Gasteiger partial charge >= 0.3 is 0 Å². The summed E-state index contributed by atoms with van der Waals surface area (Å²) in [4.78, 5) is 14.1. The number of carbonyl (C=O) groups excluding carboxylic acids is 1. The Hall–Kier alpha value is -0.480. The van der Waals surface area contributed by atoms with Crippen molar-refractivity contribution in [3.05, 3.63) is 34.3 Å². The molecule has 1 aromatic carbocycles. The first-order valence-corrected chi connectivity index (χ1v) is 7.24. The first kappa shape index (κ1) is 12.0. The van der Waals surface area contributed by atoms with E-state index in [0.29, 0.717) is 6.04 Å². The molecule has 1 unspecified atom stereocenters. The second kappa shape index (κ2) is 5.23. The maximum Gasteiger partial charge on any atom is 0.255 e. The van der Waals surface area contributed by atoms with Gasteiger partial charge in [0.2, 0.25) is 0 Å². The van der Waals surface area contributed by atoms with Gasteiger partial charge in [-0.25, -0.2) is 0 Å². The van der Waals surface area contributed by atoms with E-state index in [1.807, 2.05) is 48.0 Å². The van der Waals surface area contributed by atoms with Gasteiger partial charge in [0, 0.05) is 23.3 Å². The van der Waals surface area contributed by atoms with Crippen LogP contribution in [0, 0.1) is 0 Å². The van der Waals surface area contributed by atoms with E-state index in [0.717, 1.165) is 28.0 Å². The lowest BCUT2D eigenvalue weighted by atomic mass is 10.1. The maximum atomic E-state index is 12.2. The quantitative estimate of drug-likeness (QED) is 0.837. The number of hydrogen-bond donors (Lipinski definition) is 0. The van der Waals surface area contributed by atoms with Crippen molar-refractivity contribution < 1.29 is 4.79 Å². The Kier molecular flexibility index (Phi) is 3.92. The van der Waals surface area contributed by atoms with Crippen LogP contribution in [0.3, 0.4) is 0 Å². The first-order chi connectivity index (χ1) is 7.70. The molecular weight excluding hydrogens is 286 g/mol. The van der Waals surface area contributed by atoms with Crippen molar-refractivity contribution in [2.75, 3.05) is 18.6 Å². The van der Waals surface area contributed by atoms with E-state index in [1.165, 1.54) is 0 Å². The molecule has 1 fully saturated rings. The predicted molar refractivity (Wildman–Crippen MR) is 72.0 cm³/mol. The number of rotatable bonds is 2. The molecular formula is C12H14BrNOS. The fourth-order valence-electron chi connectivity index (χ4n) is 1.82. The highest BCUT2D eigenvalue weighted by atomic mass is 79.9. The Balaban J connectivity index is 2.15. The zero-order chi connectivity index (χ0) is 11.5. The smallest absolute Gasteiger partial charge is 0.255 e. The summed E-state index contributed by atoms with van der Waals surface area (Å²) in [5, 5.41) is 0. The molecule has 4 heteroatoms. The van der Waals surface area contributed by atoms with Gasteiger partial charge in [-0.15, -0.1) is 0 Å². The van der Waals surface area contributed by atoms with Crippen molar-refractivity contribution in [3.8, 4) is 0 Å². The van der Waals surface area contributed by atoms with Crippen molar-refractivity contribution >= 4 is 33.6 Å². The van der Waals surface area contributed by atoms with Crippen molar-refractivity contribution in [2.45, 2.75) is 12.5 Å². The second-order valence-corrected chi connectivity index (χ2v) is 5.92. The molecule has 0 N–H and O–H groups in total. The Bertz CT molecular complexity index is 390. The highest BCUT2D eigenvalue weighted by Crippen LogP contribution is 2.24. The van der Waals surface area contributed by atoms with Gasteiger partial charge < -0.3 is 4.90 Å². The summed E-state index contributed by atoms with van der Waals surface area (Å²) < 4.78 is 0.873. The highest BCUT2D eigenvalue weighted by molar-refractivity contribution is 9.10. The summed E-state index contributed by atoms with van der Waals surface area (Å²) in [7, 11) is 1.90. The molecule has 2 rings (SSSR count). The Morgan fingerprint density at radius 1 is 1.50 bits per heavy atom. The lowest BCUT2D eigenvalue weighted by Crippen LogP contribution is -2.37. The molecule has 1 amide bonds. The maximum absolute atomic E-state index is 12.2. The number of hydrogen-bond acceptors (Lipinski definition) is 2. The van der Waals surface area contributed by atoms with Crippen LogP contribution < -0.4 is 0 Å².